The molecule has 1 saturated heterocycles. The number of nitrogens with zero attached hydrogens (tertiary/aromatic N) is 4. The number of aliphatic imine (C=N–C) groups is 1. The van der Waals surface area contributed by atoms with Crippen LogP contribution >= 0.6 is 11.3 Å². The minimum Gasteiger partial charge on any atom is -0.354 e. The first kappa shape index (κ1) is 20.6. The van der Waals surface area contributed by atoms with Crippen molar-refractivity contribution in [3.63, 3.8) is 0 Å². The average molecular weight is 439 g/mol. The second-order valence-electron chi connectivity index (χ2n) is 8.00. The third-order valence-electron chi connectivity index (χ3n) is 5.72. The molecule has 0 N–H and O–H groups in total. The van der Waals surface area contributed by atoms with E-state index in [4.69, 9.17) is 9.98 Å². The van der Waals surface area contributed by atoms with Gasteiger partial charge in [0.15, 0.2) is 0 Å². The first-order valence-electron chi connectivity index (χ1n) is 11.0. The van der Waals surface area contributed by atoms with Crippen molar-refractivity contribution in [1.82, 2.24) is 14.8 Å². The van der Waals surface area contributed by atoms with Gasteiger partial charge in [-0.3, -0.25) is 0 Å². The van der Waals surface area contributed by atoms with Gasteiger partial charge in [0.25, 0.3) is 0 Å². The maximum atomic E-state index is 5.28. The highest BCUT2D eigenvalue weighted by atomic mass is 32.1. The fraction of sp³-hybridized carbons (Fsp3) is 0.185. The van der Waals surface area contributed by atoms with Gasteiger partial charge >= 0.3 is 0 Å². The van der Waals surface area contributed by atoms with E-state index in [1.807, 2.05) is 12.1 Å². The summed E-state index contributed by atoms with van der Waals surface area (Å²) in [7, 11) is 2.18. The summed E-state index contributed by atoms with van der Waals surface area (Å²) in [4.78, 5) is 15.1. The van der Waals surface area contributed by atoms with E-state index < -0.39 is 0 Å². The summed E-state index contributed by atoms with van der Waals surface area (Å²) in [5.74, 6) is 1.03. The number of piperazine rings is 1. The lowest BCUT2D eigenvalue weighted by molar-refractivity contribution is 0.216. The van der Waals surface area contributed by atoms with Crippen molar-refractivity contribution in [2.24, 2.45) is 4.99 Å². The van der Waals surface area contributed by atoms with E-state index in [0.717, 1.165) is 64.4 Å². The minimum atomic E-state index is 0.942. The molecule has 32 heavy (non-hydrogen) atoms. The molecule has 4 aromatic rings. The summed E-state index contributed by atoms with van der Waals surface area (Å²) < 4.78 is 0. The minimum absolute atomic E-state index is 0.942. The van der Waals surface area contributed by atoms with Crippen molar-refractivity contribution in [1.29, 1.82) is 0 Å². The van der Waals surface area contributed by atoms with E-state index in [-0.39, 0.29) is 0 Å². The van der Waals surface area contributed by atoms with E-state index >= 15 is 0 Å². The topological polar surface area (TPSA) is 31.7 Å². The maximum absolute atomic E-state index is 5.28. The molecule has 0 saturated carbocycles. The van der Waals surface area contributed by atoms with E-state index in [0.29, 0.717) is 0 Å². The summed E-state index contributed by atoms with van der Waals surface area (Å²) in [6.07, 6.45) is 0. The molecule has 5 heteroatoms. The molecule has 4 nitrogen and oxygen atoms in total. The molecular weight excluding hydrogens is 412 g/mol. The van der Waals surface area contributed by atoms with Gasteiger partial charge in [-0.1, -0.05) is 102 Å². The zero-order valence-electron chi connectivity index (χ0n) is 18.2. The van der Waals surface area contributed by atoms with Gasteiger partial charge in [0, 0.05) is 42.9 Å². The molecule has 0 atom stereocenters. The van der Waals surface area contributed by atoms with Crippen molar-refractivity contribution in [3.05, 3.63) is 96.6 Å². The van der Waals surface area contributed by atoms with Crippen LogP contribution in [0.3, 0.4) is 0 Å². The molecule has 3 aromatic carbocycles. The highest BCUT2D eigenvalue weighted by Gasteiger charge is 2.21. The van der Waals surface area contributed by atoms with E-state index in [1.54, 1.807) is 11.3 Å². The van der Waals surface area contributed by atoms with E-state index in [1.165, 1.54) is 0 Å². The third-order valence-corrected chi connectivity index (χ3v) is 6.72. The number of hydrogen-bond donors (Lipinski definition) is 0. The van der Waals surface area contributed by atoms with Crippen LogP contribution in [-0.4, -0.2) is 53.8 Å². The Morgan fingerprint density at radius 1 is 0.750 bits per heavy atom. The van der Waals surface area contributed by atoms with E-state index in [9.17, 15) is 0 Å². The lowest BCUT2D eigenvalue weighted by atomic mass is 10.1. The Hall–Kier alpha value is -3.28. The van der Waals surface area contributed by atoms with Crippen LogP contribution in [-0.2, 0) is 0 Å². The smallest absolute Gasteiger partial charge is 0.146 e. The average Bonchev–Trinajstić information content (AvgIpc) is 3.29. The fourth-order valence-corrected chi connectivity index (χ4v) is 4.86. The van der Waals surface area contributed by atoms with Crippen molar-refractivity contribution in [2.45, 2.75) is 0 Å². The molecule has 0 bridgehead atoms. The lowest BCUT2D eigenvalue weighted by Crippen LogP contribution is -2.47. The maximum Gasteiger partial charge on any atom is 0.146 e. The molecule has 5 rings (SSSR count). The van der Waals surface area contributed by atoms with Crippen LogP contribution in [0, 0.1) is 0 Å². The van der Waals surface area contributed by atoms with Crippen LogP contribution in [0.2, 0.25) is 0 Å². The van der Waals surface area contributed by atoms with Gasteiger partial charge in [0.1, 0.15) is 21.5 Å². The van der Waals surface area contributed by atoms with Gasteiger partial charge in [-0.2, -0.15) is 0 Å². The molecular formula is C27H26N4S. The van der Waals surface area contributed by atoms with Gasteiger partial charge in [0.2, 0.25) is 0 Å². The Morgan fingerprint density at radius 3 is 1.94 bits per heavy atom. The highest BCUT2D eigenvalue weighted by Crippen LogP contribution is 2.40. The Balaban J connectivity index is 1.64. The van der Waals surface area contributed by atoms with Crippen LogP contribution in [0.5, 0.6) is 0 Å². The Bertz CT molecular complexity index is 1180. The molecule has 0 radical (unpaired) electrons. The quantitative estimate of drug-likeness (QED) is 0.298. The predicted octanol–water partition coefficient (Wildman–Crippen LogP) is 5.80. The van der Waals surface area contributed by atoms with E-state index in [2.05, 4.69) is 95.7 Å². The van der Waals surface area contributed by atoms with Gasteiger partial charge in [-0.25, -0.2) is 9.98 Å². The molecule has 1 aliphatic heterocycles. The first-order valence-corrected chi connectivity index (χ1v) is 11.8. The number of likely N-dealkylation sites (N-methyl/N-ethyl adjacent to an activating group) is 1. The number of aromatic nitrogens is 1. The molecule has 0 unspecified atom stereocenters. The van der Waals surface area contributed by atoms with Crippen LogP contribution in [0.1, 0.15) is 5.56 Å². The summed E-state index contributed by atoms with van der Waals surface area (Å²) in [5.41, 5.74) is 4.30. The predicted molar refractivity (Wildman–Crippen MR) is 135 cm³/mol. The molecule has 1 aliphatic rings. The zero-order chi connectivity index (χ0) is 21.8. The number of thiazole rings is 1. The SMILES string of the molecule is CN1CCN(/C(=N\c2sc(-c3ccccc3)nc2-c2ccccc2)c2ccccc2)CC1. The highest BCUT2D eigenvalue weighted by molar-refractivity contribution is 7.19. The zero-order valence-corrected chi connectivity index (χ0v) is 19.0. The summed E-state index contributed by atoms with van der Waals surface area (Å²) in [6.45, 7) is 4.01. The van der Waals surface area contributed by atoms with Crippen LogP contribution < -0.4 is 0 Å². The molecule has 160 valence electrons. The summed E-state index contributed by atoms with van der Waals surface area (Å²) >= 11 is 1.66. The number of rotatable bonds is 4. The Labute approximate surface area is 193 Å². The van der Waals surface area contributed by atoms with Crippen LogP contribution in [0.15, 0.2) is 96.0 Å². The van der Waals surface area contributed by atoms with Gasteiger partial charge in [0.05, 0.1) is 0 Å². The van der Waals surface area contributed by atoms with Crippen molar-refractivity contribution in [3.8, 4) is 21.8 Å². The molecule has 2 heterocycles. The Morgan fingerprint density at radius 2 is 1.31 bits per heavy atom. The van der Waals surface area contributed by atoms with Gasteiger partial charge < -0.3 is 9.80 Å². The monoisotopic (exact) mass is 438 g/mol. The van der Waals surface area contributed by atoms with Crippen molar-refractivity contribution < 1.29 is 0 Å². The van der Waals surface area contributed by atoms with Crippen molar-refractivity contribution >= 4 is 22.2 Å². The largest absolute Gasteiger partial charge is 0.354 e. The summed E-state index contributed by atoms with van der Waals surface area (Å²) in [5, 5.41) is 1.95. The summed E-state index contributed by atoms with van der Waals surface area (Å²) in [6, 6.07) is 31.3. The van der Waals surface area contributed by atoms with Crippen molar-refractivity contribution in [2.75, 3.05) is 33.2 Å². The van der Waals surface area contributed by atoms with Gasteiger partial charge in [-0.05, 0) is 7.05 Å². The number of hydrogen-bond acceptors (Lipinski definition) is 4. The molecule has 0 spiro atoms. The molecule has 1 aromatic heterocycles. The second-order valence-corrected chi connectivity index (χ2v) is 8.97. The fourth-order valence-electron chi connectivity index (χ4n) is 3.90. The molecule has 0 aliphatic carbocycles. The van der Waals surface area contributed by atoms with Gasteiger partial charge in [-0.15, -0.1) is 0 Å². The number of amidine groups is 1. The third kappa shape index (κ3) is 4.49. The standard InChI is InChI=1S/C27H26N4S/c1-30-17-19-31(20-18-30)25(22-13-7-3-8-14-22)29-27-24(21-11-5-2-6-12-21)28-26(32-27)23-15-9-4-10-16-23/h2-16H,17-20H2,1H3/b29-25-. The van der Waals surface area contributed by atoms with Crippen LogP contribution in [0.25, 0.3) is 21.8 Å². The first-order chi connectivity index (χ1) is 15.8. The lowest BCUT2D eigenvalue weighted by Gasteiger charge is -2.34. The second kappa shape index (κ2) is 9.47. The molecule has 1 fully saturated rings. The Kier molecular flexibility index (Phi) is 6.10. The normalized spacial score (nSPS) is 15.2. The number of benzene rings is 3. The molecule has 0 amide bonds. The van der Waals surface area contributed by atoms with Crippen LogP contribution in [0.4, 0.5) is 5.00 Å².